The summed E-state index contributed by atoms with van der Waals surface area (Å²) in [4.78, 5) is 29.4. The van der Waals surface area contributed by atoms with Crippen LogP contribution in [0.25, 0.3) is 0 Å². The van der Waals surface area contributed by atoms with Crippen molar-refractivity contribution in [2.24, 2.45) is 5.92 Å². The molecule has 0 bridgehead atoms. The van der Waals surface area contributed by atoms with Crippen molar-refractivity contribution in [1.29, 1.82) is 5.26 Å². The predicted octanol–water partition coefficient (Wildman–Crippen LogP) is 4.64. The molecule has 0 radical (unpaired) electrons. The summed E-state index contributed by atoms with van der Waals surface area (Å²) in [5, 5.41) is 18.7. The number of hydrogen-bond acceptors (Lipinski definition) is 6. The fraction of sp³-hybridized carbons (Fsp3) is 0.280. The van der Waals surface area contributed by atoms with Gasteiger partial charge < -0.3 is 19.5 Å². The summed E-state index contributed by atoms with van der Waals surface area (Å²) in [6.45, 7) is -0.138. The molecule has 2 atom stereocenters. The van der Waals surface area contributed by atoms with Gasteiger partial charge in [-0.1, -0.05) is 29.8 Å². The first-order chi connectivity index (χ1) is 17.4. The summed E-state index contributed by atoms with van der Waals surface area (Å²) >= 11 is 6.22. The van der Waals surface area contributed by atoms with E-state index >= 15 is 0 Å². The van der Waals surface area contributed by atoms with Crippen LogP contribution >= 0.6 is 11.6 Å². The van der Waals surface area contributed by atoms with Gasteiger partial charge in [0.15, 0.2) is 0 Å². The Hall–Kier alpha value is -3.88. The van der Waals surface area contributed by atoms with Crippen molar-refractivity contribution in [3.8, 4) is 11.8 Å². The van der Waals surface area contributed by atoms with E-state index in [0.717, 1.165) is 6.20 Å². The summed E-state index contributed by atoms with van der Waals surface area (Å²) in [7, 11) is 2.69. The van der Waals surface area contributed by atoms with Crippen molar-refractivity contribution in [3.63, 3.8) is 0 Å². The molecule has 1 aliphatic carbocycles. The molecule has 0 spiro atoms. The monoisotopic (exact) mass is 535 g/mol. The molecule has 1 aromatic carbocycles. The molecule has 8 nitrogen and oxygen atoms in total. The van der Waals surface area contributed by atoms with Crippen LogP contribution in [0.2, 0.25) is 0 Å². The zero-order chi connectivity index (χ0) is 27.4. The van der Waals surface area contributed by atoms with E-state index in [9.17, 15) is 28.0 Å². The maximum absolute atomic E-state index is 13.8. The van der Waals surface area contributed by atoms with Crippen LogP contribution in [0.1, 0.15) is 23.2 Å². The van der Waals surface area contributed by atoms with Crippen molar-refractivity contribution in [3.05, 3.63) is 76.6 Å². The first-order valence-electron chi connectivity index (χ1n) is 10.7. The van der Waals surface area contributed by atoms with Crippen LogP contribution < -0.4 is 9.64 Å². The fourth-order valence-corrected chi connectivity index (χ4v) is 4.16. The van der Waals surface area contributed by atoms with E-state index in [4.69, 9.17) is 26.2 Å². The van der Waals surface area contributed by atoms with Crippen LogP contribution in [-0.2, 0) is 26.1 Å². The Morgan fingerprint density at radius 2 is 2.03 bits per heavy atom. The number of aliphatic carboxylic acids is 1. The number of rotatable bonds is 8. The number of halogens is 4. The third-order valence-corrected chi connectivity index (χ3v) is 5.97. The van der Waals surface area contributed by atoms with Gasteiger partial charge in [-0.2, -0.15) is 18.4 Å². The Kier molecular flexibility index (Phi) is 8.25. The fourth-order valence-electron chi connectivity index (χ4n) is 3.93. The number of nitrogens with zero attached hydrogens (tertiary/aromatic N) is 3. The van der Waals surface area contributed by atoms with Crippen LogP contribution in [0.4, 0.5) is 18.9 Å². The van der Waals surface area contributed by atoms with E-state index in [-0.39, 0.29) is 29.4 Å². The van der Waals surface area contributed by atoms with Crippen LogP contribution in [0, 0.1) is 17.2 Å². The van der Waals surface area contributed by atoms with Crippen LogP contribution in [0.5, 0.6) is 5.75 Å². The number of carbonyl (C=O) groups is 2. The summed E-state index contributed by atoms with van der Waals surface area (Å²) in [6, 6.07) is 8.76. The molecule has 3 rings (SSSR count). The minimum Gasteiger partial charge on any atom is -0.491 e. The molecule has 1 aliphatic rings. The second-order valence-electron chi connectivity index (χ2n) is 7.95. The summed E-state index contributed by atoms with van der Waals surface area (Å²) < 4.78 is 51.0. The molecule has 37 heavy (non-hydrogen) atoms. The number of ether oxygens (including phenoxy) is 2. The number of carbonyl (C=O) groups excluding carboxylic acids is 1. The lowest BCUT2D eigenvalue weighted by Gasteiger charge is -2.39. The Balaban J connectivity index is 2.07. The number of allylic oxidation sites excluding steroid dienone is 2. The van der Waals surface area contributed by atoms with E-state index in [1.54, 1.807) is 30.3 Å². The largest absolute Gasteiger partial charge is 0.491 e. The second kappa shape index (κ2) is 11.0. The minimum absolute atomic E-state index is 0.0780. The van der Waals surface area contributed by atoms with Gasteiger partial charge in [0.05, 0.1) is 36.3 Å². The SMILES string of the molecule is COC1(c2cnc(C(F)(F)F)cc2C#N)C=C(Cl)C=CC1C(=O)N(C)c1ccccc1OCCC(=O)O. The van der Waals surface area contributed by atoms with Gasteiger partial charge >= 0.3 is 12.1 Å². The van der Waals surface area contributed by atoms with E-state index in [1.807, 2.05) is 0 Å². The van der Waals surface area contributed by atoms with Gasteiger partial charge in [-0.15, -0.1) is 0 Å². The van der Waals surface area contributed by atoms with E-state index in [1.165, 1.54) is 37.3 Å². The molecule has 0 fully saturated rings. The molecule has 1 aromatic heterocycles. The second-order valence-corrected chi connectivity index (χ2v) is 8.38. The number of carboxylic acids is 1. The standard InChI is InChI=1S/C25H21ClF3N3O5/c1-32(19-5-3-4-6-20(19)37-10-9-22(33)34)23(35)17-8-7-16(26)12-24(17,36-2)18-14-31-21(25(27,28)29)11-15(18)13-30/h3-8,11-12,14,17H,9-10H2,1-2H3,(H,33,34). The average molecular weight is 536 g/mol. The molecular weight excluding hydrogens is 515 g/mol. The molecule has 194 valence electrons. The lowest BCUT2D eigenvalue weighted by molar-refractivity contribution is -0.141. The zero-order valence-corrected chi connectivity index (χ0v) is 20.4. The lowest BCUT2D eigenvalue weighted by Crippen LogP contribution is -2.46. The lowest BCUT2D eigenvalue weighted by atomic mass is 9.76. The number of para-hydroxylation sites is 2. The van der Waals surface area contributed by atoms with Crippen molar-refractivity contribution in [1.82, 2.24) is 4.98 Å². The summed E-state index contributed by atoms with van der Waals surface area (Å²) in [5.74, 6) is -2.56. The van der Waals surface area contributed by atoms with Gasteiger partial charge in [-0.25, -0.2) is 0 Å². The smallest absolute Gasteiger partial charge is 0.433 e. The predicted molar refractivity (Wildman–Crippen MR) is 127 cm³/mol. The highest BCUT2D eigenvalue weighted by Gasteiger charge is 2.47. The van der Waals surface area contributed by atoms with Gasteiger partial charge in [0.1, 0.15) is 17.0 Å². The Labute approximate surface area is 215 Å². The third-order valence-electron chi connectivity index (χ3n) is 5.73. The summed E-state index contributed by atoms with van der Waals surface area (Å²) in [5.41, 5.74) is -3.20. The molecule has 12 heteroatoms. The Bertz CT molecular complexity index is 1310. The number of hydrogen-bond donors (Lipinski definition) is 1. The van der Waals surface area contributed by atoms with Gasteiger partial charge in [0, 0.05) is 31.0 Å². The number of benzene rings is 1. The molecular formula is C25H21ClF3N3O5. The molecule has 1 N–H and O–H groups in total. The van der Waals surface area contributed by atoms with Crippen molar-refractivity contribution in [2.75, 3.05) is 25.7 Å². The van der Waals surface area contributed by atoms with Gasteiger partial charge in [-0.05, 0) is 30.4 Å². The Morgan fingerprint density at radius 1 is 1.32 bits per heavy atom. The molecule has 0 saturated carbocycles. The van der Waals surface area contributed by atoms with Crippen LogP contribution in [0.3, 0.4) is 0 Å². The van der Waals surface area contributed by atoms with E-state index in [0.29, 0.717) is 11.8 Å². The Morgan fingerprint density at radius 3 is 2.65 bits per heavy atom. The number of methoxy groups -OCH3 is 1. The highest BCUT2D eigenvalue weighted by molar-refractivity contribution is 6.31. The van der Waals surface area contributed by atoms with Gasteiger partial charge in [0.25, 0.3) is 0 Å². The number of nitriles is 1. The molecule has 1 amide bonds. The van der Waals surface area contributed by atoms with Crippen LogP contribution in [0.15, 0.2) is 59.8 Å². The quantitative estimate of drug-likeness (QED) is 0.524. The number of aromatic nitrogens is 1. The number of amides is 1. The number of carboxylic acid groups (broad SMARTS) is 1. The molecule has 0 aliphatic heterocycles. The molecule has 2 aromatic rings. The number of alkyl halides is 3. The van der Waals surface area contributed by atoms with Crippen molar-refractivity contribution in [2.45, 2.75) is 18.2 Å². The molecule has 2 unspecified atom stereocenters. The van der Waals surface area contributed by atoms with E-state index < -0.39 is 40.8 Å². The van der Waals surface area contributed by atoms with Gasteiger partial charge in [0.2, 0.25) is 5.91 Å². The minimum atomic E-state index is -4.79. The highest BCUT2D eigenvalue weighted by Crippen LogP contribution is 2.44. The van der Waals surface area contributed by atoms with Crippen molar-refractivity contribution >= 4 is 29.2 Å². The first kappa shape index (κ1) is 27.7. The average Bonchev–Trinajstić information content (AvgIpc) is 2.86. The third kappa shape index (κ3) is 5.76. The topological polar surface area (TPSA) is 113 Å². The maximum atomic E-state index is 13.8. The van der Waals surface area contributed by atoms with Gasteiger partial charge in [-0.3, -0.25) is 14.6 Å². The normalized spacial score (nSPS) is 19.1. The highest BCUT2D eigenvalue weighted by atomic mass is 35.5. The molecule has 1 heterocycles. The number of anilines is 1. The number of pyridine rings is 1. The maximum Gasteiger partial charge on any atom is 0.433 e. The van der Waals surface area contributed by atoms with Crippen molar-refractivity contribution < 1.29 is 37.3 Å². The molecule has 0 saturated heterocycles. The summed E-state index contributed by atoms with van der Waals surface area (Å²) in [6.07, 6.45) is 0.0140. The zero-order valence-electron chi connectivity index (χ0n) is 19.6. The van der Waals surface area contributed by atoms with E-state index in [2.05, 4.69) is 4.98 Å². The van der Waals surface area contributed by atoms with Crippen LogP contribution in [-0.4, -0.2) is 42.7 Å². The first-order valence-corrected chi connectivity index (χ1v) is 11.1.